The fourth-order valence-corrected chi connectivity index (χ4v) is 3.27. The zero-order chi connectivity index (χ0) is 22.3. The normalized spacial score (nSPS) is 10.9. The largest absolute Gasteiger partial charge is 0.379 e. The van der Waals surface area contributed by atoms with E-state index in [1.807, 2.05) is 36.4 Å². The standard InChI is InChI=1S/C22H24N8O2/c1-15-6-5-7-16(12-15)14-30-26-18(19(27-30)17-8-3-2-4-9-17)13-24-10-11-25-22(31)20-21(23)29-32-28-20/h2-9,12,24H,10-11,13-14H2,1H3,(H2,23,29)(H,25,31). The highest BCUT2D eigenvalue weighted by Crippen LogP contribution is 2.20. The van der Waals surface area contributed by atoms with Crippen LogP contribution in [0.5, 0.6) is 0 Å². The van der Waals surface area contributed by atoms with E-state index in [1.165, 1.54) is 5.56 Å². The summed E-state index contributed by atoms with van der Waals surface area (Å²) in [5.74, 6) is -0.465. The third-order valence-electron chi connectivity index (χ3n) is 4.79. The predicted octanol–water partition coefficient (Wildman–Crippen LogP) is 1.79. The van der Waals surface area contributed by atoms with Crippen LogP contribution in [0.25, 0.3) is 11.3 Å². The topological polar surface area (TPSA) is 137 Å². The first-order valence-electron chi connectivity index (χ1n) is 10.2. The van der Waals surface area contributed by atoms with Gasteiger partial charge in [-0.1, -0.05) is 60.2 Å². The van der Waals surface area contributed by atoms with E-state index in [0.29, 0.717) is 26.2 Å². The van der Waals surface area contributed by atoms with Crippen molar-refractivity contribution in [3.05, 3.63) is 77.1 Å². The molecule has 1 amide bonds. The number of nitrogens with zero attached hydrogens (tertiary/aromatic N) is 5. The highest BCUT2D eigenvalue weighted by Gasteiger charge is 2.16. The number of aryl methyl sites for hydroxylation is 1. The summed E-state index contributed by atoms with van der Waals surface area (Å²) in [4.78, 5) is 13.7. The summed E-state index contributed by atoms with van der Waals surface area (Å²) in [6.07, 6.45) is 0. The summed E-state index contributed by atoms with van der Waals surface area (Å²) in [6, 6.07) is 18.3. The Hall–Kier alpha value is -4.05. The molecule has 0 atom stereocenters. The lowest BCUT2D eigenvalue weighted by atomic mass is 10.1. The second-order valence-electron chi connectivity index (χ2n) is 7.31. The van der Waals surface area contributed by atoms with Crippen molar-refractivity contribution in [1.82, 2.24) is 35.9 Å². The minimum Gasteiger partial charge on any atom is -0.379 e. The number of anilines is 1. The number of nitrogen functional groups attached to an aromatic ring is 1. The molecule has 4 N–H and O–H groups in total. The molecule has 0 saturated carbocycles. The third kappa shape index (κ3) is 5.16. The molecule has 32 heavy (non-hydrogen) atoms. The van der Waals surface area contributed by atoms with Crippen LogP contribution in [0.2, 0.25) is 0 Å². The molecule has 10 heteroatoms. The van der Waals surface area contributed by atoms with E-state index < -0.39 is 5.91 Å². The van der Waals surface area contributed by atoms with E-state index >= 15 is 0 Å². The van der Waals surface area contributed by atoms with Crippen molar-refractivity contribution in [3.63, 3.8) is 0 Å². The molecule has 0 radical (unpaired) electrons. The molecule has 10 nitrogen and oxygen atoms in total. The van der Waals surface area contributed by atoms with Gasteiger partial charge in [0.25, 0.3) is 5.91 Å². The Morgan fingerprint density at radius 2 is 1.91 bits per heavy atom. The van der Waals surface area contributed by atoms with Crippen LogP contribution in [-0.4, -0.2) is 44.3 Å². The summed E-state index contributed by atoms with van der Waals surface area (Å²) in [6.45, 7) is 4.06. The maximum absolute atomic E-state index is 12.0. The third-order valence-corrected chi connectivity index (χ3v) is 4.79. The van der Waals surface area contributed by atoms with E-state index in [0.717, 1.165) is 22.5 Å². The van der Waals surface area contributed by atoms with Crippen molar-refractivity contribution in [2.45, 2.75) is 20.0 Å². The number of benzene rings is 2. The molecule has 2 heterocycles. The summed E-state index contributed by atoms with van der Waals surface area (Å²) in [5, 5.41) is 22.3. The van der Waals surface area contributed by atoms with Crippen LogP contribution in [0, 0.1) is 6.92 Å². The minimum absolute atomic E-state index is 0.0181. The number of carbonyl (C=O) groups is 1. The lowest BCUT2D eigenvalue weighted by Gasteiger charge is -2.05. The summed E-state index contributed by atoms with van der Waals surface area (Å²) in [5.41, 5.74) is 10.5. The number of carbonyl (C=O) groups excluding carboxylic acids is 1. The minimum atomic E-state index is -0.431. The second kappa shape index (κ2) is 9.84. The molecule has 0 aliphatic heterocycles. The highest BCUT2D eigenvalue weighted by molar-refractivity contribution is 5.95. The number of amides is 1. The van der Waals surface area contributed by atoms with Crippen LogP contribution in [-0.2, 0) is 13.1 Å². The Bertz CT molecular complexity index is 1190. The average Bonchev–Trinajstić information content (AvgIpc) is 3.40. The number of nitrogens with two attached hydrogens (primary N) is 1. The van der Waals surface area contributed by atoms with Crippen molar-refractivity contribution in [2.24, 2.45) is 0 Å². The number of nitrogens with one attached hydrogen (secondary N) is 2. The fraction of sp³-hybridized carbons (Fsp3) is 0.227. The molecule has 164 valence electrons. The second-order valence-corrected chi connectivity index (χ2v) is 7.31. The number of rotatable bonds is 9. The molecule has 4 aromatic rings. The lowest BCUT2D eigenvalue weighted by Crippen LogP contribution is -2.32. The van der Waals surface area contributed by atoms with E-state index in [9.17, 15) is 4.79 Å². The highest BCUT2D eigenvalue weighted by atomic mass is 16.6. The molecular weight excluding hydrogens is 408 g/mol. The Kier molecular flexibility index (Phi) is 6.52. The van der Waals surface area contributed by atoms with Gasteiger partial charge in [-0.2, -0.15) is 15.0 Å². The van der Waals surface area contributed by atoms with Crippen LogP contribution >= 0.6 is 0 Å². The smallest absolute Gasteiger partial charge is 0.277 e. The molecule has 0 aliphatic rings. The van der Waals surface area contributed by atoms with Gasteiger partial charge < -0.3 is 16.4 Å². The predicted molar refractivity (Wildman–Crippen MR) is 118 cm³/mol. The van der Waals surface area contributed by atoms with Crippen molar-refractivity contribution in [2.75, 3.05) is 18.8 Å². The van der Waals surface area contributed by atoms with E-state index in [4.69, 9.17) is 15.9 Å². The van der Waals surface area contributed by atoms with Gasteiger partial charge in [0.05, 0.1) is 6.54 Å². The van der Waals surface area contributed by atoms with Crippen molar-refractivity contribution in [1.29, 1.82) is 0 Å². The Morgan fingerprint density at radius 3 is 2.66 bits per heavy atom. The molecule has 2 aromatic heterocycles. The molecule has 2 aromatic carbocycles. The maximum atomic E-state index is 12.0. The van der Waals surface area contributed by atoms with E-state index in [-0.39, 0.29) is 11.5 Å². The molecule has 0 fully saturated rings. The van der Waals surface area contributed by atoms with E-state index in [2.05, 4.69) is 50.7 Å². The maximum Gasteiger partial charge on any atom is 0.277 e. The SMILES string of the molecule is Cc1cccc(Cn2nc(CNCCNC(=O)c3nonc3N)c(-c3ccccc3)n2)c1. The molecule has 4 rings (SSSR count). The Labute approximate surface area is 184 Å². The van der Waals surface area contributed by atoms with Gasteiger partial charge in [0.2, 0.25) is 11.5 Å². The van der Waals surface area contributed by atoms with Gasteiger partial charge in [0.1, 0.15) is 11.4 Å². The number of aromatic nitrogens is 5. The van der Waals surface area contributed by atoms with Crippen LogP contribution in [0.4, 0.5) is 5.82 Å². The zero-order valence-electron chi connectivity index (χ0n) is 17.7. The molecule has 0 unspecified atom stereocenters. The molecule has 0 saturated heterocycles. The summed E-state index contributed by atoms with van der Waals surface area (Å²) >= 11 is 0. The first-order valence-corrected chi connectivity index (χ1v) is 10.2. The first-order chi connectivity index (χ1) is 15.6. The van der Waals surface area contributed by atoms with Gasteiger partial charge in [-0.05, 0) is 22.8 Å². The molecule has 0 bridgehead atoms. The van der Waals surface area contributed by atoms with Crippen LogP contribution in [0.3, 0.4) is 0 Å². The summed E-state index contributed by atoms with van der Waals surface area (Å²) < 4.78 is 4.44. The van der Waals surface area contributed by atoms with Crippen LogP contribution < -0.4 is 16.4 Å². The van der Waals surface area contributed by atoms with Crippen LogP contribution in [0.15, 0.2) is 59.2 Å². The van der Waals surface area contributed by atoms with Gasteiger partial charge in [0, 0.05) is 25.2 Å². The molecule has 0 spiro atoms. The van der Waals surface area contributed by atoms with Gasteiger partial charge in [-0.3, -0.25) is 4.79 Å². The number of hydrogen-bond donors (Lipinski definition) is 3. The quantitative estimate of drug-likeness (QED) is 0.341. The van der Waals surface area contributed by atoms with Gasteiger partial charge >= 0.3 is 0 Å². The average molecular weight is 432 g/mol. The first kappa shape index (κ1) is 21.2. The van der Waals surface area contributed by atoms with E-state index in [1.54, 1.807) is 4.80 Å². The summed E-state index contributed by atoms with van der Waals surface area (Å²) in [7, 11) is 0. The van der Waals surface area contributed by atoms with Gasteiger partial charge in [0.15, 0.2) is 0 Å². The number of hydrogen-bond acceptors (Lipinski definition) is 8. The Morgan fingerprint density at radius 1 is 1.06 bits per heavy atom. The van der Waals surface area contributed by atoms with Crippen molar-refractivity contribution >= 4 is 11.7 Å². The van der Waals surface area contributed by atoms with Crippen molar-refractivity contribution in [3.8, 4) is 11.3 Å². The monoisotopic (exact) mass is 432 g/mol. The lowest BCUT2D eigenvalue weighted by molar-refractivity contribution is 0.0944. The van der Waals surface area contributed by atoms with Crippen molar-refractivity contribution < 1.29 is 9.42 Å². The zero-order valence-corrected chi connectivity index (χ0v) is 17.7. The molecular formula is C22H24N8O2. The molecule has 0 aliphatic carbocycles. The van der Waals surface area contributed by atoms with Gasteiger partial charge in [-0.15, -0.1) is 0 Å². The van der Waals surface area contributed by atoms with Crippen LogP contribution in [0.1, 0.15) is 27.3 Å². The fourth-order valence-electron chi connectivity index (χ4n) is 3.27. The Balaban J connectivity index is 1.39. The van der Waals surface area contributed by atoms with Gasteiger partial charge in [-0.25, -0.2) is 4.63 Å².